The Hall–Kier alpha value is -6.99. The van der Waals surface area contributed by atoms with Gasteiger partial charge in [-0.1, -0.05) is 26.7 Å². The van der Waals surface area contributed by atoms with E-state index >= 15 is 0 Å². The fraction of sp³-hybridized carbons (Fsp3) is 0.589. The standard InChI is InChI=1S/C27H31N7O3.C27H31N7O2.C2H6/c1-17-14-33(24(35)26(3)8-10-37-25(26)36)18(2)13-32(17)22-21-23(31-16-30-22)34(15-27(21)6-4-7-27)20-11-19(12-28)5-9-29-20;1-17-13-33(25(35)27-9-20(10-27)36-15-27)18(2)12-32(17)23-22-24(31-16-30-23)34(14-26(22)5-3-6-26)21-8-19(11-28)4-7-29-21;1-2/h5,9,11,16-18H,4,6-8,10,13-15H2,1-3H3;4,7-8,16-18,20H,3,5-6,9-10,12-15H2,1-2H3;1-2H3/t17-,18+,26?;17-,18+,20?,27?;/m00./s1. The molecular formula is C56H68N14O5. The van der Waals surface area contributed by atoms with Crippen LogP contribution in [-0.2, 0) is 34.7 Å². The van der Waals surface area contributed by atoms with Gasteiger partial charge >= 0.3 is 5.97 Å². The molecule has 19 heteroatoms. The molecule has 2 amide bonds. The first-order valence-electron chi connectivity index (χ1n) is 27.1. The van der Waals surface area contributed by atoms with Crippen molar-refractivity contribution < 1.29 is 23.9 Å². The van der Waals surface area contributed by atoms with Crippen molar-refractivity contribution in [2.75, 3.05) is 72.1 Å². The molecule has 4 aromatic rings. The van der Waals surface area contributed by atoms with Gasteiger partial charge in [-0.3, -0.25) is 14.4 Å². The number of fused-ring (bicyclic) bond motifs is 5. The second kappa shape index (κ2) is 19.0. The van der Waals surface area contributed by atoms with Crippen LogP contribution in [0.5, 0.6) is 0 Å². The Morgan fingerprint density at radius 1 is 0.640 bits per heavy atom. The number of hydrogen-bond donors (Lipinski definition) is 0. The molecule has 14 rings (SSSR count). The average Bonchev–Trinajstić information content (AvgIpc) is 4.26. The largest absolute Gasteiger partial charge is 0.465 e. The molecule has 11 heterocycles. The van der Waals surface area contributed by atoms with Crippen molar-refractivity contribution in [3.05, 3.63) is 71.6 Å². The number of ether oxygens (including phenoxy) is 2. The molecule has 75 heavy (non-hydrogen) atoms. The van der Waals surface area contributed by atoms with Crippen LogP contribution in [0.2, 0.25) is 0 Å². The number of esters is 1. The van der Waals surface area contributed by atoms with Crippen LogP contribution in [0, 0.1) is 33.5 Å². The summed E-state index contributed by atoms with van der Waals surface area (Å²) in [7, 11) is 0. The maximum Gasteiger partial charge on any atom is 0.321 e. The lowest BCUT2D eigenvalue weighted by Crippen LogP contribution is -2.62. The quantitative estimate of drug-likeness (QED) is 0.146. The van der Waals surface area contributed by atoms with E-state index < -0.39 is 11.4 Å². The van der Waals surface area contributed by atoms with E-state index in [0.29, 0.717) is 50.4 Å². The van der Waals surface area contributed by atoms with Crippen molar-refractivity contribution in [2.45, 2.75) is 147 Å². The molecule has 19 nitrogen and oxygen atoms in total. The Morgan fingerprint density at radius 2 is 1.11 bits per heavy atom. The number of aromatic nitrogens is 6. The van der Waals surface area contributed by atoms with Crippen molar-refractivity contribution in [2.24, 2.45) is 10.8 Å². The Morgan fingerprint density at radius 3 is 1.51 bits per heavy atom. The fourth-order valence-electron chi connectivity index (χ4n) is 13.5. The molecule has 3 saturated carbocycles. The number of carbonyl (C=O) groups excluding carboxylic acids is 3. The Labute approximate surface area is 439 Å². The van der Waals surface area contributed by atoms with E-state index in [0.717, 1.165) is 105 Å². The fourth-order valence-corrected chi connectivity index (χ4v) is 13.5. The van der Waals surface area contributed by atoms with Crippen LogP contribution in [0.3, 0.4) is 0 Å². The summed E-state index contributed by atoms with van der Waals surface area (Å²) in [6.45, 7) is 19.2. The Balaban J connectivity index is 0.000000156. The van der Waals surface area contributed by atoms with Crippen LogP contribution >= 0.6 is 0 Å². The topological polar surface area (TPSA) is 214 Å². The normalized spacial score (nSPS) is 29.1. The van der Waals surface area contributed by atoms with Crippen LogP contribution < -0.4 is 19.6 Å². The van der Waals surface area contributed by atoms with Crippen molar-refractivity contribution in [3.63, 3.8) is 0 Å². The van der Waals surface area contributed by atoms with Crippen molar-refractivity contribution in [1.29, 1.82) is 10.5 Å². The van der Waals surface area contributed by atoms with Crippen LogP contribution in [0.15, 0.2) is 49.3 Å². The van der Waals surface area contributed by atoms with Gasteiger partial charge in [0.25, 0.3) is 0 Å². The second-order valence-corrected chi connectivity index (χ2v) is 22.7. The highest BCUT2D eigenvalue weighted by Gasteiger charge is 2.60. The van der Waals surface area contributed by atoms with E-state index in [9.17, 15) is 24.9 Å². The van der Waals surface area contributed by atoms with Crippen LogP contribution in [-0.4, -0.2) is 140 Å². The minimum atomic E-state index is -1.10. The molecule has 3 aliphatic carbocycles. The maximum absolute atomic E-state index is 13.5. The van der Waals surface area contributed by atoms with E-state index in [1.165, 1.54) is 12.0 Å². The number of cyclic esters (lactones) is 1. The number of nitriles is 2. The number of piperazine rings is 2. The Bertz CT molecular complexity index is 2990. The number of hydrogen-bond acceptors (Lipinski definition) is 17. The predicted octanol–water partition coefficient (Wildman–Crippen LogP) is 6.64. The smallest absolute Gasteiger partial charge is 0.321 e. The lowest BCUT2D eigenvalue weighted by atomic mass is 9.66. The molecule has 8 fully saturated rings. The number of amides is 2. The zero-order valence-electron chi connectivity index (χ0n) is 44.3. The second-order valence-electron chi connectivity index (χ2n) is 22.7. The molecule has 2 bridgehead atoms. The summed E-state index contributed by atoms with van der Waals surface area (Å²) in [4.78, 5) is 80.5. The molecule has 4 aromatic heterocycles. The van der Waals surface area contributed by atoms with Gasteiger partial charge in [0, 0.05) is 104 Å². The minimum absolute atomic E-state index is 0.00592. The van der Waals surface area contributed by atoms with Gasteiger partial charge in [-0.2, -0.15) is 10.5 Å². The van der Waals surface area contributed by atoms with Crippen LogP contribution in [0.4, 0.5) is 34.9 Å². The molecule has 1 unspecified atom stereocenters. The zero-order chi connectivity index (χ0) is 52.6. The summed E-state index contributed by atoms with van der Waals surface area (Å²) in [6, 6.07) is 11.7. The number of nitrogens with zero attached hydrogens (tertiary/aromatic N) is 14. The van der Waals surface area contributed by atoms with Gasteiger partial charge in [-0.15, -0.1) is 0 Å². The number of rotatable bonds is 6. The van der Waals surface area contributed by atoms with Gasteiger partial charge in [0.1, 0.15) is 53.0 Å². The minimum Gasteiger partial charge on any atom is -0.465 e. The molecule has 0 N–H and O–H groups in total. The molecule has 2 spiro atoms. The van der Waals surface area contributed by atoms with Crippen LogP contribution in [0.25, 0.3) is 0 Å². The van der Waals surface area contributed by atoms with E-state index in [1.54, 1.807) is 44.1 Å². The maximum atomic E-state index is 13.5. The Kier molecular flexibility index (Phi) is 12.7. The molecule has 392 valence electrons. The molecular weight excluding hydrogens is 949 g/mol. The predicted molar refractivity (Wildman–Crippen MR) is 279 cm³/mol. The number of carbonyl (C=O) groups is 3. The summed E-state index contributed by atoms with van der Waals surface area (Å²) in [5.41, 5.74) is 2.10. The van der Waals surface area contributed by atoms with Gasteiger partial charge in [-0.25, -0.2) is 29.9 Å². The van der Waals surface area contributed by atoms with E-state index in [-0.39, 0.29) is 58.3 Å². The van der Waals surface area contributed by atoms with Gasteiger partial charge in [0.05, 0.1) is 48.0 Å². The van der Waals surface area contributed by atoms with Crippen LogP contribution in [0.1, 0.15) is 129 Å². The van der Waals surface area contributed by atoms with E-state index in [4.69, 9.17) is 29.4 Å². The third-order valence-corrected chi connectivity index (χ3v) is 18.1. The van der Waals surface area contributed by atoms with Crippen molar-refractivity contribution in [3.8, 4) is 12.1 Å². The van der Waals surface area contributed by atoms with Crippen molar-refractivity contribution >= 4 is 52.7 Å². The third kappa shape index (κ3) is 8.01. The lowest BCUT2D eigenvalue weighted by Gasteiger charge is -2.49. The first-order valence-corrected chi connectivity index (χ1v) is 27.1. The van der Waals surface area contributed by atoms with Gasteiger partial charge in [0.15, 0.2) is 0 Å². The summed E-state index contributed by atoms with van der Waals surface area (Å²) in [6.07, 6.45) is 15.7. The summed E-state index contributed by atoms with van der Waals surface area (Å²) < 4.78 is 10.9. The summed E-state index contributed by atoms with van der Waals surface area (Å²) in [5, 5.41) is 18.8. The molecule has 5 atom stereocenters. The number of anilines is 6. The summed E-state index contributed by atoms with van der Waals surface area (Å²) >= 11 is 0. The van der Waals surface area contributed by atoms with E-state index in [2.05, 4.69) is 67.4 Å². The van der Waals surface area contributed by atoms with Gasteiger partial charge in [-0.05, 0) is 97.4 Å². The lowest BCUT2D eigenvalue weighted by molar-refractivity contribution is -0.157. The monoisotopic (exact) mass is 1020 g/mol. The van der Waals surface area contributed by atoms with Gasteiger partial charge in [0.2, 0.25) is 11.8 Å². The molecule has 0 aromatic carbocycles. The number of pyridine rings is 2. The molecule has 5 saturated heterocycles. The molecule has 10 aliphatic rings. The molecule has 0 radical (unpaired) electrons. The first kappa shape index (κ1) is 50.2. The highest BCUT2D eigenvalue weighted by Crippen LogP contribution is 2.58. The highest BCUT2D eigenvalue weighted by atomic mass is 16.5. The van der Waals surface area contributed by atoms with Gasteiger partial charge < -0.3 is 38.9 Å². The third-order valence-electron chi connectivity index (χ3n) is 18.1. The average molecular weight is 1020 g/mol. The zero-order valence-corrected chi connectivity index (χ0v) is 44.3. The van der Waals surface area contributed by atoms with E-state index in [1.807, 2.05) is 37.8 Å². The SMILES string of the molecule is CC.C[C@@H]1CN(c2ncnc3c2C2(CCC2)CN3c2cc(C#N)ccn2)[C@@H](C)CN1C(=O)C1(C)CCOC1=O.C[C@@H]1CN(c2ncnc3c2C2(CCC2)CN3c2cc(C#N)ccn2)[C@@H](C)CN1C(=O)C12COC(C1)C2. The summed E-state index contributed by atoms with van der Waals surface area (Å²) in [5.74, 6) is 4.86. The van der Waals surface area contributed by atoms with Crippen molar-refractivity contribution in [1.82, 2.24) is 39.7 Å². The molecule has 7 aliphatic heterocycles. The highest BCUT2D eigenvalue weighted by molar-refractivity contribution is 6.03. The first-order chi connectivity index (χ1) is 36.2.